The fraction of sp³-hybridized carbons (Fsp3) is 0.323. The van der Waals surface area contributed by atoms with Crippen molar-refractivity contribution in [2.75, 3.05) is 11.1 Å². The topological polar surface area (TPSA) is 77.1 Å². The Bertz CT molecular complexity index is 1590. The van der Waals surface area contributed by atoms with Gasteiger partial charge in [-0.1, -0.05) is 73.0 Å². The van der Waals surface area contributed by atoms with Crippen molar-refractivity contribution in [3.8, 4) is 11.3 Å². The van der Waals surface area contributed by atoms with Crippen molar-refractivity contribution in [2.24, 2.45) is 0 Å². The third-order valence-electron chi connectivity index (χ3n) is 7.98. The average molecular weight is 560 g/mol. The Hall–Kier alpha value is -3.29. The zero-order valence-corrected chi connectivity index (χ0v) is 23.4. The van der Waals surface area contributed by atoms with Crippen LogP contribution in [0, 0.1) is 6.92 Å². The van der Waals surface area contributed by atoms with Gasteiger partial charge in [0.05, 0.1) is 29.8 Å². The van der Waals surface area contributed by atoms with Crippen molar-refractivity contribution in [1.29, 1.82) is 0 Å². The molecule has 0 saturated heterocycles. The first-order valence-corrected chi connectivity index (χ1v) is 14.7. The summed E-state index contributed by atoms with van der Waals surface area (Å²) in [6.07, 6.45) is 7.86. The van der Waals surface area contributed by atoms with E-state index in [-0.39, 0.29) is 29.2 Å². The highest BCUT2D eigenvalue weighted by molar-refractivity contribution is 7.99. The van der Waals surface area contributed by atoms with Gasteiger partial charge in [-0.3, -0.25) is 14.2 Å². The first-order valence-electron chi connectivity index (χ1n) is 13.4. The molecule has 200 valence electrons. The number of hydrogen-bond donors (Lipinski definition) is 1. The molecule has 0 unspecified atom stereocenters. The van der Waals surface area contributed by atoms with Gasteiger partial charge in [0.2, 0.25) is 5.91 Å². The zero-order chi connectivity index (χ0) is 27.0. The smallest absolute Gasteiger partial charge is 0.258 e. The molecule has 2 aromatic heterocycles. The van der Waals surface area contributed by atoms with Gasteiger partial charge in [0.1, 0.15) is 5.76 Å². The summed E-state index contributed by atoms with van der Waals surface area (Å²) in [5, 5.41) is 4.02. The molecule has 2 aromatic carbocycles. The molecule has 1 N–H and O–H groups in total. The van der Waals surface area contributed by atoms with Crippen LogP contribution in [0.5, 0.6) is 0 Å². The number of aryl methyl sites for hydroxylation is 1. The minimum atomic E-state index is -0.207. The van der Waals surface area contributed by atoms with Crippen LogP contribution in [-0.2, 0) is 23.2 Å². The Labute approximate surface area is 236 Å². The summed E-state index contributed by atoms with van der Waals surface area (Å²) >= 11 is 7.40. The summed E-state index contributed by atoms with van der Waals surface area (Å²) in [7, 11) is 0. The van der Waals surface area contributed by atoms with Crippen molar-refractivity contribution < 1.29 is 9.21 Å². The highest BCUT2D eigenvalue weighted by Gasteiger charge is 2.43. The van der Waals surface area contributed by atoms with Crippen LogP contribution in [0.15, 0.2) is 75.2 Å². The summed E-state index contributed by atoms with van der Waals surface area (Å²) in [6.45, 7) is 2.19. The minimum Gasteiger partial charge on any atom is -0.467 e. The van der Waals surface area contributed by atoms with Crippen LogP contribution in [0.3, 0.4) is 0 Å². The van der Waals surface area contributed by atoms with Crippen LogP contribution in [-0.4, -0.2) is 21.2 Å². The number of halogens is 1. The zero-order valence-electron chi connectivity index (χ0n) is 21.8. The normalized spacial score (nSPS) is 15.5. The molecule has 39 heavy (non-hydrogen) atoms. The standard InChI is InChI=1S/C31H30ClN3O3S/c1-20-11-12-22(32)16-25(20)33-26(36)19-39-30-34-28-24-10-4-3-8-21(24)17-31(13-5-2-6-14-31)27(28)29(37)35(30)18-23-9-7-15-38-23/h3-4,7-12,15-16H,2,5-6,13-14,17-19H2,1H3,(H,33,36). The second kappa shape index (κ2) is 10.7. The minimum absolute atomic E-state index is 0.0265. The van der Waals surface area contributed by atoms with Crippen molar-refractivity contribution >= 4 is 35.0 Å². The number of rotatable bonds is 6. The lowest BCUT2D eigenvalue weighted by molar-refractivity contribution is -0.113. The molecular formula is C31H30ClN3O3S. The molecule has 0 atom stereocenters. The summed E-state index contributed by atoms with van der Waals surface area (Å²) in [6, 6.07) is 17.4. The number of carbonyl (C=O) groups is 1. The highest BCUT2D eigenvalue weighted by atomic mass is 35.5. The lowest BCUT2D eigenvalue weighted by Crippen LogP contribution is -2.43. The van der Waals surface area contributed by atoms with Gasteiger partial charge in [-0.2, -0.15) is 0 Å². The van der Waals surface area contributed by atoms with E-state index in [1.165, 1.54) is 23.7 Å². The van der Waals surface area contributed by atoms with E-state index < -0.39 is 0 Å². The van der Waals surface area contributed by atoms with E-state index in [0.717, 1.165) is 54.5 Å². The van der Waals surface area contributed by atoms with Crippen molar-refractivity contribution in [3.05, 3.63) is 98.7 Å². The lowest BCUT2D eigenvalue weighted by Gasteiger charge is -2.42. The molecule has 1 spiro atoms. The van der Waals surface area contributed by atoms with E-state index in [4.69, 9.17) is 21.0 Å². The van der Waals surface area contributed by atoms with Crippen LogP contribution < -0.4 is 10.9 Å². The number of anilines is 1. The fourth-order valence-electron chi connectivity index (χ4n) is 6.07. The van der Waals surface area contributed by atoms with E-state index in [2.05, 4.69) is 23.5 Å². The first kappa shape index (κ1) is 26.0. The predicted octanol–water partition coefficient (Wildman–Crippen LogP) is 7.00. The predicted molar refractivity (Wildman–Crippen MR) is 156 cm³/mol. The molecule has 0 radical (unpaired) electrons. The molecular weight excluding hydrogens is 530 g/mol. The van der Waals surface area contributed by atoms with Crippen molar-refractivity contribution in [3.63, 3.8) is 0 Å². The summed E-state index contributed by atoms with van der Waals surface area (Å²) < 4.78 is 7.32. The van der Waals surface area contributed by atoms with Gasteiger partial charge in [-0.15, -0.1) is 0 Å². The molecule has 2 aliphatic carbocycles. The van der Waals surface area contributed by atoms with Gasteiger partial charge in [-0.05, 0) is 61.6 Å². The molecule has 6 nitrogen and oxygen atoms in total. The highest BCUT2D eigenvalue weighted by Crippen LogP contribution is 2.48. The molecule has 0 aliphatic heterocycles. The molecule has 1 saturated carbocycles. The quantitative estimate of drug-likeness (QED) is 0.203. The molecule has 8 heteroatoms. The molecule has 2 aliphatic rings. The Balaban J connectivity index is 1.41. The number of nitrogens with zero attached hydrogens (tertiary/aromatic N) is 2. The number of carbonyl (C=O) groups excluding carboxylic acids is 1. The second-order valence-corrected chi connectivity index (χ2v) is 11.9. The maximum atomic E-state index is 14.4. The van der Waals surface area contributed by atoms with Gasteiger partial charge in [0.15, 0.2) is 5.16 Å². The first-order chi connectivity index (χ1) is 18.9. The van der Waals surface area contributed by atoms with Gasteiger partial charge in [0, 0.05) is 21.7 Å². The van der Waals surface area contributed by atoms with Crippen LogP contribution in [0.25, 0.3) is 11.3 Å². The van der Waals surface area contributed by atoms with Crippen LogP contribution in [0.1, 0.15) is 54.6 Å². The molecule has 1 fully saturated rings. The Morgan fingerprint density at radius 2 is 1.95 bits per heavy atom. The monoisotopic (exact) mass is 559 g/mol. The number of nitrogens with one attached hydrogen (secondary N) is 1. The van der Waals surface area contributed by atoms with Gasteiger partial charge in [-0.25, -0.2) is 4.98 Å². The van der Waals surface area contributed by atoms with E-state index in [1.54, 1.807) is 23.0 Å². The SMILES string of the molecule is Cc1ccc(Cl)cc1NC(=O)CSc1nc2c(c(=O)n1Cc1ccco1)C1(CCCCC1)Cc1ccccc1-2. The second-order valence-electron chi connectivity index (χ2n) is 10.6. The van der Waals surface area contributed by atoms with E-state index in [0.29, 0.717) is 21.6 Å². The summed E-state index contributed by atoms with van der Waals surface area (Å²) in [4.78, 5) is 32.5. The number of thioether (sulfide) groups is 1. The van der Waals surface area contributed by atoms with Crippen LogP contribution in [0.4, 0.5) is 5.69 Å². The molecule has 2 heterocycles. The average Bonchev–Trinajstić information content (AvgIpc) is 3.45. The van der Waals surface area contributed by atoms with Gasteiger partial charge in [0.25, 0.3) is 5.56 Å². The third-order valence-corrected chi connectivity index (χ3v) is 9.19. The van der Waals surface area contributed by atoms with E-state index in [1.807, 2.05) is 31.2 Å². The number of fused-ring (bicyclic) bond motifs is 4. The van der Waals surface area contributed by atoms with Crippen molar-refractivity contribution in [1.82, 2.24) is 9.55 Å². The van der Waals surface area contributed by atoms with Crippen molar-refractivity contribution in [2.45, 2.75) is 62.6 Å². The fourth-order valence-corrected chi connectivity index (χ4v) is 7.04. The Morgan fingerprint density at radius 3 is 2.74 bits per heavy atom. The lowest BCUT2D eigenvalue weighted by atomic mass is 9.62. The number of benzene rings is 2. The van der Waals surface area contributed by atoms with E-state index in [9.17, 15) is 9.59 Å². The number of hydrogen-bond acceptors (Lipinski definition) is 5. The maximum Gasteiger partial charge on any atom is 0.258 e. The Morgan fingerprint density at radius 1 is 1.13 bits per heavy atom. The van der Waals surface area contributed by atoms with E-state index >= 15 is 0 Å². The number of amides is 1. The number of furan rings is 1. The largest absolute Gasteiger partial charge is 0.467 e. The third kappa shape index (κ3) is 5.06. The Kier molecular flexibility index (Phi) is 7.12. The van der Waals surface area contributed by atoms with Gasteiger partial charge >= 0.3 is 0 Å². The molecule has 0 bridgehead atoms. The molecule has 1 amide bonds. The van der Waals surface area contributed by atoms with Gasteiger partial charge < -0.3 is 9.73 Å². The summed E-state index contributed by atoms with van der Waals surface area (Å²) in [5.74, 6) is 0.585. The molecule has 6 rings (SSSR count). The summed E-state index contributed by atoms with van der Waals surface area (Å²) in [5.41, 5.74) is 5.23. The maximum absolute atomic E-state index is 14.4. The number of aromatic nitrogens is 2. The van der Waals surface area contributed by atoms with Crippen LogP contribution >= 0.6 is 23.4 Å². The van der Waals surface area contributed by atoms with Crippen LogP contribution in [0.2, 0.25) is 5.02 Å². The molecule has 4 aromatic rings.